The fourth-order valence-corrected chi connectivity index (χ4v) is 1.84. The number of benzene rings is 2. The summed E-state index contributed by atoms with van der Waals surface area (Å²) in [5.41, 5.74) is 2.87. The van der Waals surface area contributed by atoms with E-state index in [1.165, 1.54) is 0 Å². The van der Waals surface area contributed by atoms with Crippen LogP contribution in [0, 0.1) is 0 Å². The number of aromatic carboxylic acids is 1. The molecule has 3 N–H and O–H groups in total. The number of hydrogen-bond acceptors (Lipinski definition) is 3. The molecule has 19 heavy (non-hydrogen) atoms. The Hall–Kier alpha value is -2.82. The van der Waals surface area contributed by atoms with Gasteiger partial charge in [-0.15, -0.1) is 0 Å². The van der Waals surface area contributed by atoms with Crippen LogP contribution in [-0.4, -0.2) is 21.0 Å². The summed E-state index contributed by atoms with van der Waals surface area (Å²) in [6.45, 7) is 0. The third-order valence-electron chi connectivity index (χ3n) is 2.78. The Kier molecular flexibility index (Phi) is 2.64. The predicted octanol–water partition coefficient (Wildman–Crippen LogP) is 3.00. The molecule has 0 atom stereocenters. The van der Waals surface area contributed by atoms with E-state index in [4.69, 9.17) is 5.11 Å². The first kappa shape index (κ1) is 11.3. The van der Waals surface area contributed by atoms with Gasteiger partial charge in [0.25, 0.3) is 0 Å². The molecule has 5 heteroatoms. The molecule has 0 saturated heterocycles. The Balaban J connectivity index is 1.86. The van der Waals surface area contributed by atoms with Gasteiger partial charge in [-0.25, -0.2) is 9.78 Å². The topological polar surface area (TPSA) is 78.0 Å². The smallest absolute Gasteiger partial charge is 0.335 e. The average molecular weight is 253 g/mol. The zero-order valence-electron chi connectivity index (χ0n) is 9.92. The second kappa shape index (κ2) is 4.45. The number of anilines is 2. The van der Waals surface area contributed by atoms with E-state index in [0.29, 0.717) is 5.95 Å². The number of aromatic nitrogens is 2. The molecule has 0 spiro atoms. The van der Waals surface area contributed by atoms with Crippen molar-refractivity contribution < 1.29 is 9.90 Å². The van der Waals surface area contributed by atoms with Crippen molar-refractivity contribution in [3.05, 3.63) is 54.1 Å². The van der Waals surface area contributed by atoms with Gasteiger partial charge in [0.05, 0.1) is 16.6 Å². The summed E-state index contributed by atoms with van der Waals surface area (Å²) in [6.07, 6.45) is 0. The number of hydrogen-bond donors (Lipinski definition) is 3. The number of nitrogens with one attached hydrogen (secondary N) is 2. The van der Waals surface area contributed by atoms with Crippen molar-refractivity contribution in [3.63, 3.8) is 0 Å². The van der Waals surface area contributed by atoms with Crippen LogP contribution in [0.15, 0.2) is 48.5 Å². The normalized spacial score (nSPS) is 10.5. The molecule has 3 aromatic rings. The van der Waals surface area contributed by atoms with Crippen molar-refractivity contribution in [2.24, 2.45) is 0 Å². The maximum absolute atomic E-state index is 10.7. The van der Waals surface area contributed by atoms with Gasteiger partial charge in [0.1, 0.15) is 0 Å². The fourth-order valence-electron chi connectivity index (χ4n) is 1.84. The highest BCUT2D eigenvalue weighted by Gasteiger charge is 2.04. The number of fused-ring (bicyclic) bond motifs is 1. The van der Waals surface area contributed by atoms with Crippen LogP contribution < -0.4 is 5.32 Å². The van der Waals surface area contributed by atoms with Crippen molar-refractivity contribution in [2.45, 2.75) is 0 Å². The number of H-pyrrole nitrogens is 1. The molecule has 2 aromatic carbocycles. The summed E-state index contributed by atoms with van der Waals surface area (Å²) in [4.78, 5) is 18.3. The van der Waals surface area contributed by atoms with Crippen molar-refractivity contribution >= 4 is 28.6 Å². The maximum Gasteiger partial charge on any atom is 0.335 e. The van der Waals surface area contributed by atoms with Gasteiger partial charge in [0.15, 0.2) is 0 Å². The molecular weight excluding hydrogens is 242 g/mol. The van der Waals surface area contributed by atoms with E-state index >= 15 is 0 Å². The predicted molar refractivity (Wildman–Crippen MR) is 72.8 cm³/mol. The van der Waals surface area contributed by atoms with Gasteiger partial charge in [-0.3, -0.25) is 0 Å². The van der Waals surface area contributed by atoms with Crippen LogP contribution in [0.5, 0.6) is 0 Å². The third-order valence-corrected chi connectivity index (χ3v) is 2.78. The molecule has 0 saturated carbocycles. The van der Waals surface area contributed by atoms with E-state index in [-0.39, 0.29) is 5.56 Å². The largest absolute Gasteiger partial charge is 0.478 e. The summed E-state index contributed by atoms with van der Waals surface area (Å²) in [6, 6.07) is 14.2. The molecule has 3 rings (SSSR count). The highest BCUT2D eigenvalue weighted by Crippen LogP contribution is 2.18. The number of rotatable bonds is 3. The number of para-hydroxylation sites is 2. The van der Waals surface area contributed by atoms with Gasteiger partial charge in [-0.05, 0) is 36.4 Å². The van der Waals surface area contributed by atoms with E-state index < -0.39 is 5.97 Å². The monoisotopic (exact) mass is 253 g/mol. The van der Waals surface area contributed by atoms with Gasteiger partial charge >= 0.3 is 5.97 Å². The van der Waals surface area contributed by atoms with E-state index in [9.17, 15) is 4.79 Å². The van der Waals surface area contributed by atoms with Crippen molar-refractivity contribution in [1.29, 1.82) is 0 Å². The van der Waals surface area contributed by atoms with Crippen molar-refractivity contribution in [1.82, 2.24) is 9.97 Å². The lowest BCUT2D eigenvalue weighted by Crippen LogP contribution is -1.97. The van der Waals surface area contributed by atoms with Crippen LogP contribution in [0.25, 0.3) is 11.0 Å². The van der Waals surface area contributed by atoms with Crippen molar-refractivity contribution in [3.8, 4) is 0 Å². The van der Waals surface area contributed by atoms with Crippen LogP contribution >= 0.6 is 0 Å². The summed E-state index contributed by atoms with van der Waals surface area (Å²) >= 11 is 0. The number of carboxylic acid groups (broad SMARTS) is 1. The van der Waals surface area contributed by atoms with Gasteiger partial charge in [-0.2, -0.15) is 0 Å². The SMILES string of the molecule is O=C(O)c1ccc(Nc2nc3ccccc3[nH]2)cc1. The lowest BCUT2D eigenvalue weighted by molar-refractivity contribution is 0.0697. The minimum atomic E-state index is -0.935. The third kappa shape index (κ3) is 2.26. The first-order valence-corrected chi connectivity index (χ1v) is 5.77. The molecule has 1 heterocycles. The molecule has 0 aliphatic heterocycles. The van der Waals surface area contributed by atoms with E-state index in [0.717, 1.165) is 16.7 Å². The van der Waals surface area contributed by atoms with Gasteiger partial charge < -0.3 is 15.4 Å². The molecule has 0 fully saturated rings. The number of carboxylic acids is 1. The molecule has 0 aliphatic rings. The Morgan fingerprint density at radius 3 is 2.53 bits per heavy atom. The van der Waals surface area contributed by atoms with Crippen LogP contribution in [0.2, 0.25) is 0 Å². The highest BCUT2D eigenvalue weighted by atomic mass is 16.4. The van der Waals surface area contributed by atoms with Crippen LogP contribution in [0.4, 0.5) is 11.6 Å². The Morgan fingerprint density at radius 2 is 1.84 bits per heavy atom. The molecule has 0 bridgehead atoms. The van der Waals surface area contributed by atoms with E-state index in [1.807, 2.05) is 24.3 Å². The number of carbonyl (C=O) groups is 1. The van der Waals surface area contributed by atoms with Crippen LogP contribution in [0.3, 0.4) is 0 Å². The first-order chi connectivity index (χ1) is 9.22. The Bertz CT molecular complexity index is 699. The molecule has 0 unspecified atom stereocenters. The molecular formula is C14H11N3O2. The zero-order valence-corrected chi connectivity index (χ0v) is 9.92. The number of imidazole rings is 1. The quantitative estimate of drug-likeness (QED) is 0.670. The number of nitrogens with zero attached hydrogens (tertiary/aromatic N) is 1. The molecule has 0 amide bonds. The van der Waals surface area contributed by atoms with Crippen LogP contribution in [-0.2, 0) is 0 Å². The highest BCUT2D eigenvalue weighted by molar-refractivity contribution is 5.88. The zero-order chi connectivity index (χ0) is 13.2. The molecule has 0 aliphatic carbocycles. The first-order valence-electron chi connectivity index (χ1n) is 5.77. The summed E-state index contributed by atoms with van der Waals surface area (Å²) in [5.74, 6) is -0.306. The Labute approximate surface area is 108 Å². The minimum Gasteiger partial charge on any atom is -0.478 e. The summed E-state index contributed by atoms with van der Waals surface area (Å²) in [7, 11) is 0. The fraction of sp³-hybridized carbons (Fsp3) is 0. The number of aromatic amines is 1. The minimum absolute atomic E-state index is 0.259. The van der Waals surface area contributed by atoms with Gasteiger partial charge in [-0.1, -0.05) is 12.1 Å². The molecule has 1 aromatic heterocycles. The van der Waals surface area contributed by atoms with E-state index in [1.54, 1.807) is 24.3 Å². The summed E-state index contributed by atoms with van der Waals surface area (Å²) in [5, 5.41) is 11.9. The van der Waals surface area contributed by atoms with Gasteiger partial charge in [0.2, 0.25) is 5.95 Å². The second-order valence-electron chi connectivity index (χ2n) is 4.11. The lowest BCUT2D eigenvalue weighted by Gasteiger charge is -2.02. The molecule has 0 radical (unpaired) electrons. The molecule has 94 valence electrons. The van der Waals surface area contributed by atoms with E-state index in [2.05, 4.69) is 15.3 Å². The maximum atomic E-state index is 10.7. The van der Waals surface area contributed by atoms with Crippen LogP contribution in [0.1, 0.15) is 10.4 Å². The average Bonchev–Trinajstić information content (AvgIpc) is 2.81. The Morgan fingerprint density at radius 1 is 1.11 bits per heavy atom. The second-order valence-corrected chi connectivity index (χ2v) is 4.11. The lowest BCUT2D eigenvalue weighted by atomic mass is 10.2. The van der Waals surface area contributed by atoms with Crippen molar-refractivity contribution in [2.75, 3.05) is 5.32 Å². The molecule has 5 nitrogen and oxygen atoms in total. The summed E-state index contributed by atoms with van der Waals surface area (Å²) < 4.78 is 0. The van der Waals surface area contributed by atoms with Gasteiger partial charge in [0, 0.05) is 5.69 Å². The standard InChI is InChI=1S/C14H11N3O2/c18-13(19)9-5-7-10(8-6-9)15-14-16-11-3-1-2-4-12(11)17-14/h1-8H,(H,18,19)(H2,15,16,17).